The smallest absolute Gasteiger partial charge is 0.276 e. The molecular formula is C20H22Br2N2O3. The second-order valence-corrected chi connectivity index (χ2v) is 7.91. The number of carbonyl (C=O) groups excluding carboxylic acids is 1. The molecule has 0 aliphatic rings. The first-order chi connectivity index (χ1) is 12.8. The lowest BCUT2D eigenvalue weighted by molar-refractivity contribution is -0.123. The van der Waals surface area contributed by atoms with Crippen LogP contribution in [0.15, 0.2) is 51.9 Å². The number of amides is 1. The van der Waals surface area contributed by atoms with Gasteiger partial charge in [0.25, 0.3) is 5.91 Å². The Morgan fingerprint density at radius 3 is 2.41 bits per heavy atom. The summed E-state index contributed by atoms with van der Waals surface area (Å²) in [5.41, 5.74) is 8.14. The minimum absolute atomic E-state index is 0.177. The number of benzene rings is 2. The SMILES string of the molecule is C=C(NNC(=O)COc1c(Br)cc(Br)cc1OC)c1ccc(C(C)C)cc1. The fourth-order valence-corrected chi connectivity index (χ4v) is 3.59. The fourth-order valence-electron chi connectivity index (χ4n) is 2.29. The summed E-state index contributed by atoms with van der Waals surface area (Å²) in [6, 6.07) is 11.6. The Labute approximate surface area is 176 Å². The van der Waals surface area contributed by atoms with Gasteiger partial charge in [-0.05, 0) is 45.1 Å². The zero-order valence-corrected chi connectivity index (χ0v) is 18.6. The molecule has 0 bridgehead atoms. The molecule has 0 aromatic heterocycles. The predicted molar refractivity (Wildman–Crippen MR) is 115 cm³/mol. The number of halogens is 2. The second kappa shape index (κ2) is 9.80. The molecule has 0 radical (unpaired) electrons. The summed E-state index contributed by atoms with van der Waals surface area (Å²) >= 11 is 6.78. The van der Waals surface area contributed by atoms with Gasteiger partial charge in [-0.2, -0.15) is 0 Å². The van der Waals surface area contributed by atoms with Gasteiger partial charge in [0.15, 0.2) is 18.1 Å². The van der Waals surface area contributed by atoms with Crippen LogP contribution in [0.4, 0.5) is 0 Å². The maximum atomic E-state index is 12.1. The Hall–Kier alpha value is -1.99. The van der Waals surface area contributed by atoms with Crippen molar-refractivity contribution in [3.05, 3.63) is 63.0 Å². The van der Waals surface area contributed by atoms with Crippen molar-refractivity contribution in [2.45, 2.75) is 19.8 Å². The third kappa shape index (κ3) is 6.01. The molecule has 0 aliphatic carbocycles. The van der Waals surface area contributed by atoms with Gasteiger partial charge in [-0.15, -0.1) is 0 Å². The van der Waals surface area contributed by atoms with Crippen molar-refractivity contribution < 1.29 is 14.3 Å². The number of hydrogen-bond acceptors (Lipinski definition) is 4. The summed E-state index contributed by atoms with van der Waals surface area (Å²) in [7, 11) is 1.54. The Morgan fingerprint density at radius 2 is 1.81 bits per heavy atom. The minimum Gasteiger partial charge on any atom is -0.493 e. The van der Waals surface area contributed by atoms with Crippen LogP contribution >= 0.6 is 31.9 Å². The molecule has 0 heterocycles. The van der Waals surface area contributed by atoms with Crippen LogP contribution in [-0.2, 0) is 4.79 Å². The number of nitrogens with one attached hydrogen (secondary N) is 2. The van der Waals surface area contributed by atoms with E-state index in [1.54, 1.807) is 6.07 Å². The molecule has 7 heteroatoms. The van der Waals surface area contributed by atoms with Crippen LogP contribution in [0.1, 0.15) is 30.9 Å². The van der Waals surface area contributed by atoms with Crippen molar-refractivity contribution in [2.24, 2.45) is 0 Å². The number of hydrazine groups is 1. The summed E-state index contributed by atoms with van der Waals surface area (Å²) in [5, 5.41) is 0. The second-order valence-electron chi connectivity index (χ2n) is 6.14. The van der Waals surface area contributed by atoms with Gasteiger partial charge in [0.1, 0.15) is 0 Å². The molecule has 144 valence electrons. The normalized spacial score (nSPS) is 10.4. The Bertz CT molecular complexity index is 821. The van der Waals surface area contributed by atoms with Crippen molar-refractivity contribution in [1.29, 1.82) is 0 Å². The zero-order chi connectivity index (χ0) is 20.0. The van der Waals surface area contributed by atoms with Gasteiger partial charge in [-0.25, -0.2) is 0 Å². The highest BCUT2D eigenvalue weighted by Crippen LogP contribution is 2.38. The van der Waals surface area contributed by atoms with Gasteiger partial charge in [0, 0.05) is 4.47 Å². The summed E-state index contributed by atoms with van der Waals surface area (Å²) in [6.45, 7) is 8.04. The average Bonchev–Trinajstić information content (AvgIpc) is 2.64. The summed E-state index contributed by atoms with van der Waals surface area (Å²) in [5.74, 6) is 1.10. The molecule has 0 atom stereocenters. The number of hydrogen-bond donors (Lipinski definition) is 2. The predicted octanol–water partition coefficient (Wildman–Crippen LogP) is 5.01. The highest BCUT2D eigenvalue weighted by molar-refractivity contribution is 9.11. The molecule has 2 rings (SSSR count). The van der Waals surface area contributed by atoms with E-state index < -0.39 is 0 Å². The standard InChI is InChI=1S/C20H22Br2N2O3/c1-12(2)14-5-7-15(8-6-14)13(3)23-24-19(25)11-27-20-17(22)9-16(21)10-18(20)26-4/h5-10,12,23H,3,11H2,1-2,4H3,(H,24,25). The molecule has 0 saturated heterocycles. The molecule has 0 unspecified atom stereocenters. The number of carbonyl (C=O) groups is 1. The molecule has 27 heavy (non-hydrogen) atoms. The maximum Gasteiger partial charge on any atom is 0.276 e. The number of rotatable bonds is 8. The minimum atomic E-state index is -0.341. The van der Waals surface area contributed by atoms with Gasteiger partial charge in [-0.1, -0.05) is 60.6 Å². The largest absolute Gasteiger partial charge is 0.493 e. The first-order valence-electron chi connectivity index (χ1n) is 8.31. The van der Waals surface area contributed by atoms with E-state index in [0.717, 1.165) is 10.0 Å². The van der Waals surface area contributed by atoms with E-state index in [9.17, 15) is 4.79 Å². The number of methoxy groups -OCH3 is 1. The van der Waals surface area contributed by atoms with Crippen LogP contribution in [0.25, 0.3) is 5.70 Å². The Morgan fingerprint density at radius 1 is 1.15 bits per heavy atom. The maximum absolute atomic E-state index is 12.1. The first-order valence-corrected chi connectivity index (χ1v) is 9.90. The van der Waals surface area contributed by atoms with E-state index >= 15 is 0 Å². The van der Waals surface area contributed by atoms with Crippen LogP contribution in [0.3, 0.4) is 0 Å². The van der Waals surface area contributed by atoms with Gasteiger partial charge in [0.2, 0.25) is 0 Å². The van der Waals surface area contributed by atoms with Crippen molar-refractivity contribution in [2.75, 3.05) is 13.7 Å². The summed E-state index contributed by atoms with van der Waals surface area (Å²) in [6.07, 6.45) is 0. The topological polar surface area (TPSA) is 59.6 Å². The molecule has 1 amide bonds. The van der Waals surface area contributed by atoms with Crippen LogP contribution < -0.4 is 20.3 Å². The van der Waals surface area contributed by atoms with Crippen LogP contribution in [0, 0.1) is 0 Å². The van der Waals surface area contributed by atoms with Crippen molar-refractivity contribution in [3.63, 3.8) is 0 Å². The lowest BCUT2D eigenvalue weighted by Gasteiger charge is -2.15. The highest BCUT2D eigenvalue weighted by atomic mass is 79.9. The molecular weight excluding hydrogens is 476 g/mol. The van der Waals surface area contributed by atoms with Crippen molar-refractivity contribution in [3.8, 4) is 11.5 Å². The van der Waals surface area contributed by atoms with Gasteiger partial charge >= 0.3 is 0 Å². The van der Waals surface area contributed by atoms with Crippen molar-refractivity contribution in [1.82, 2.24) is 10.9 Å². The summed E-state index contributed by atoms with van der Waals surface area (Å²) in [4.78, 5) is 12.1. The van der Waals surface area contributed by atoms with Gasteiger partial charge < -0.3 is 9.47 Å². The first kappa shape index (κ1) is 21.3. The lowest BCUT2D eigenvalue weighted by Crippen LogP contribution is -2.39. The molecule has 0 saturated carbocycles. The molecule has 2 N–H and O–H groups in total. The third-order valence-corrected chi connectivity index (χ3v) is 4.87. The third-order valence-electron chi connectivity index (χ3n) is 3.82. The quantitative estimate of drug-likeness (QED) is 0.503. The van der Waals surface area contributed by atoms with E-state index in [0.29, 0.717) is 27.6 Å². The lowest BCUT2D eigenvalue weighted by atomic mass is 10.0. The van der Waals surface area contributed by atoms with Gasteiger partial charge in [0.05, 0.1) is 17.3 Å². The molecule has 0 aliphatic heterocycles. The summed E-state index contributed by atoms with van der Waals surface area (Å²) < 4.78 is 12.4. The Kier molecular flexibility index (Phi) is 7.74. The van der Waals surface area contributed by atoms with E-state index in [1.807, 2.05) is 18.2 Å². The molecule has 5 nitrogen and oxygen atoms in total. The molecule has 0 spiro atoms. The monoisotopic (exact) mass is 496 g/mol. The fraction of sp³-hybridized carbons (Fsp3) is 0.250. The van der Waals surface area contributed by atoms with E-state index in [4.69, 9.17) is 9.47 Å². The van der Waals surface area contributed by atoms with E-state index in [1.165, 1.54) is 12.7 Å². The van der Waals surface area contributed by atoms with Crippen LogP contribution in [0.5, 0.6) is 11.5 Å². The van der Waals surface area contributed by atoms with E-state index in [2.05, 4.69) is 75.3 Å². The molecule has 2 aromatic rings. The van der Waals surface area contributed by atoms with Crippen molar-refractivity contribution >= 4 is 43.5 Å². The molecule has 2 aromatic carbocycles. The van der Waals surface area contributed by atoms with Gasteiger partial charge in [-0.3, -0.25) is 15.6 Å². The van der Waals surface area contributed by atoms with Crippen LogP contribution in [0.2, 0.25) is 0 Å². The average molecular weight is 498 g/mol. The van der Waals surface area contributed by atoms with Crippen LogP contribution in [-0.4, -0.2) is 19.6 Å². The Balaban J connectivity index is 1.88. The number of ether oxygens (including phenoxy) is 2. The molecule has 0 fully saturated rings. The zero-order valence-electron chi connectivity index (χ0n) is 15.4. The van der Waals surface area contributed by atoms with E-state index in [-0.39, 0.29) is 12.5 Å². The highest BCUT2D eigenvalue weighted by Gasteiger charge is 2.13.